The molecule has 0 radical (unpaired) electrons. The highest BCUT2D eigenvalue weighted by molar-refractivity contribution is 5.90. The molecule has 0 bridgehead atoms. The summed E-state index contributed by atoms with van der Waals surface area (Å²) in [5.74, 6) is -4.90. The van der Waals surface area contributed by atoms with Gasteiger partial charge in [0.15, 0.2) is 0 Å². The van der Waals surface area contributed by atoms with E-state index in [-0.39, 0.29) is 39.3 Å². The fourth-order valence-corrected chi connectivity index (χ4v) is 3.13. The molecular formula is C27H38N2O10. The van der Waals surface area contributed by atoms with E-state index in [9.17, 15) is 28.8 Å². The molecule has 0 N–H and O–H groups in total. The molecule has 0 aromatic carbocycles. The van der Waals surface area contributed by atoms with Gasteiger partial charge in [0.2, 0.25) is 11.8 Å². The van der Waals surface area contributed by atoms with Crippen molar-refractivity contribution in [3.05, 3.63) is 50.6 Å². The topological polar surface area (TPSA) is 146 Å². The summed E-state index contributed by atoms with van der Waals surface area (Å²) in [6.45, 7) is 15.5. The van der Waals surface area contributed by atoms with Crippen molar-refractivity contribution < 1.29 is 47.7 Å². The van der Waals surface area contributed by atoms with E-state index in [0.717, 1.165) is 9.80 Å². The molecule has 0 fully saturated rings. The Morgan fingerprint density at radius 3 is 1.18 bits per heavy atom. The van der Waals surface area contributed by atoms with Crippen molar-refractivity contribution in [2.45, 2.75) is 51.6 Å². The second-order valence-electron chi connectivity index (χ2n) is 7.80. The molecule has 39 heavy (non-hydrogen) atoms. The van der Waals surface area contributed by atoms with E-state index < -0.39 is 67.3 Å². The first kappa shape index (κ1) is 34.8. The normalized spacial score (nSPS) is 11.5. The average Bonchev–Trinajstić information content (AvgIpc) is 2.94. The summed E-state index contributed by atoms with van der Waals surface area (Å²) >= 11 is 0. The Balaban J connectivity index is 6.58. The molecule has 0 aliphatic carbocycles. The van der Waals surface area contributed by atoms with Crippen LogP contribution in [-0.2, 0) is 47.7 Å². The first-order chi connectivity index (χ1) is 18.6. The van der Waals surface area contributed by atoms with Crippen LogP contribution in [0.2, 0.25) is 0 Å². The number of rotatable bonds is 20. The van der Waals surface area contributed by atoms with Crippen molar-refractivity contribution in [2.75, 3.05) is 33.1 Å². The van der Waals surface area contributed by atoms with E-state index in [1.165, 1.54) is 38.2 Å². The van der Waals surface area contributed by atoms with E-state index in [4.69, 9.17) is 18.9 Å². The zero-order chi connectivity index (χ0) is 29.8. The van der Waals surface area contributed by atoms with Crippen LogP contribution in [0.4, 0.5) is 0 Å². The molecule has 12 heteroatoms. The molecule has 2 amide bonds. The van der Waals surface area contributed by atoms with Gasteiger partial charge in [0.1, 0.15) is 38.5 Å². The van der Waals surface area contributed by atoms with Crippen LogP contribution < -0.4 is 0 Å². The molecule has 0 spiro atoms. The number of hydrogen-bond donors (Lipinski definition) is 0. The summed E-state index contributed by atoms with van der Waals surface area (Å²) in [4.78, 5) is 78.7. The summed E-state index contributed by atoms with van der Waals surface area (Å²) in [5, 5.41) is 0. The molecule has 12 nitrogen and oxygen atoms in total. The molecule has 0 aromatic rings. The number of amides is 2. The Kier molecular flexibility index (Phi) is 17.7. The summed E-state index contributed by atoms with van der Waals surface area (Å²) in [7, 11) is 0. The largest absolute Gasteiger partial charge is 0.461 e. The maximum absolute atomic E-state index is 13.1. The molecule has 0 aliphatic rings. The van der Waals surface area contributed by atoms with Gasteiger partial charge in [0.25, 0.3) is 0 Å². The summed E-state index contributed by atoms with van der Waals surface area (Å²) < 4.78 is 20.2. The van der Waals surface area contributed by atoms with Crippen LogP contribution in [-0.4, -0.2) is 90.7 Å². The van der Waals surface area contributed by atoms with E-state index in [2.05, 4.69) is 26.3 Å². The van der Waals surface area contributed by atoms with Crippen LogP contribution in [0.1, 0.15) is 39.5 Å². The Morgan fingerprint density at radius 1 is 0.590 bits per heavy atom. The Bertz CT molecular complexity index is 842. The third-order valence-electron chi connectivity index (χ3n) is 4.98. The fourth-order valence-electron chi connectivity index (χ4n) is 3.13. The van der Waals surface area contributed by atoms with Gasteiger partial charge in [0, 0.05) is 12.8 Å². The monoisotopic (exact) mass is 550 g/mol. The molecular weight excluding hydrogens is 512 g/mol. The predicted octanol–water partition coefficient (Wildman–Crippen LogP) is 1.86. The number of carbonyl (C=O) groups excluding carboxylic acids is 6. The minimum Gasteiger partial charge on any atom is -0.461 e. The summed E-state index contributed by atoms with van der Waals surface area (Å²) in [6, 6.07) is -3.06. The maximum Gasteiger partial charge on any atom is 0.329 e. The van der Waals surface area contributed by atoms with Crippen LogP contribution in [0, 0.1) is 0 Å². The molecule has 0 aliphatic heterocycles. The third-order valence-corrected chi connectivity index (χ3v) is 4.98. The zero-order valence-corrected chi connectivity index (χ0v) is 22.6. The quantitative estimate of drug-likeness (QED) is 0.0952. The van der Waals surface area contributed by atoms with Gasteiger partial charge in [-0.3, -0.25) is 19.2 Å². The standard InChI is InChI=1S/C27H38N2O10/c1-7-13-36-24(32)17-20(26(34)38-15-9-3)28(22(30)11-5)19-29(23(31)12-6)21(27(35)39-16-10-4)18-25(33)37-14-8-2/h7-10,20-21H,1-4,11-19H2,5-6H3. The van der Waals surface area contributed by atoms with Gasteiger partial charge in [-0.15, -0.1) is 0 Å². The van der Waals surface area contributed by atoms with Crippen LogP contribution in [0.3, 0.4) is 0 Å². The van der Waals surface area contributed by atoms with Gasteiger partial charge in [-0.05, 0) is 0 Å². The van der Waals surface area contributed by atoms with E-state index in [1.54, 1.807) is 0 Å². The van der Waals surface area contributed by atoms with Crippen LogP contribution in [0.5, 0.6) is 0 Å². The van der Waals surface area contributed by atoms with Crippen molar-refractivity contribution in [2.24, 2.45) is 0 Å². The molecule has 2 atom stereocenters. The van der Waals surface area contributed by atoms with Crippen LogP contribution in [0.25, 0.3) is 0 Å². The van der Waals surface area contributed by atoms with Crippen molar-refractivity contribution in [3.63, 3.8) is 0 Å². The lowest BCUT2D eigenvalue weighted by atomic mass is 10.1. The molecule has 0 saturated heterocycles. The zero-order valence-electron chi connectivity index (χ0n) is 22.6. The van der Waals surface area contributed by atoms with Gasteiger partial charge in [-0.25, -0.2) is 9.59 Å². The highest BCUT2D eigenvalue weighted by atomic mass is 16.5. The highest BCUT2D eigenvalue weighted by Gasteiger charge is 2.39. The smallest absolute Gasteiger partial charge is 0.329 e. The first-order valence-corrected chi connectivity index (χ1v) is 12.3. The summed E-state index contributed by atoms with van der Waals surface area (Å²) in [6.07, 6.45) is 3.75. The molecule has 0 rings (SSSR count). The lowest BCUT2D eigenvalue weighted by Crippen LogP contribution is -2.57. The number of ether oxygens (including phenoxy) is 4. The second kappa shape index (κ2) is 19.8. The van der Waals surface area contributed by atoms with Crippen LogP contribution >= 0.6 is 0 Å². The van der Waals surface area contributed by atoms with E-state index >= 15 is 0 Å². The van der Waals surface area contributed by atoms with Gasteiger partial charge in [-0.1, -0.05) is 64.5 Å². The van der Waals surface area contributed by atoms with Gasteiger partial charge in [0.05, 0.1) is 19.5 Å². The number of nitrogens with zero attached hydrogens (tertiary/aromatic N) is 2. The van der Waals surface area contributed by atoms with Crippen molar-refractivity contribution >= 4 is 35.7 Å². The summed E-state index contributed by atoms with van der Waals surface area (Å²) in [5.41, 5.74) is 0. The molecule has 0 aromatic heterocycles. The van der Waals surface area contributed by atoms with Crippen LogP contribution in [0.15, 0.2) is 50.6 Å². The predicted molar refractivity (Wildman–Crippen MR) is 141 cm³/mol. The third kappa shape index (κ3) is 12.7. The minimum atomic E-state index is -1.53. The van der Waals surface area contributed by atoms with Crippen molar-refractivity contribution in [1.82, 2.24) is 9.80 Å². The van der Waals surface area contributed by atoms with E-state index in [1.807, 2.05) is 0 Å². The maximum atomic E-state index is 13.1. The van der Waals surface area contributed by atoms with E-state index in [0.29, 0.717) is 0 Å². The number of hydrogen-bond acceptors (Lipinski definition) is 10. The van der Waals surface area contributed by atoms with Crippen molar-refractivity contribution in [1.29, 1.82) is 0 Å². The molecule has 0 saturated carbocycles. The SMILES string of the molecule is C=CCOC(=O)CC(C(=O)OCC=C)N(CN(C(=O)CC)C(CC(=O)OCC=C)C(=O)OCC=C)C(=O)CC. The lowest BCUT2D eigenvalue weighted by molar-refractivity contribution is -0.167. The van der Waals surface area contributed by atoms with Crippen molar-refractivity contribution in [3.8, 4) is 0 Å². The second-order valence-corrected chi connectivity index (χ2v) is 7.80. The number of carbonyl (C=O) groups is 6. The highest BCUT2D eigenvalue weighted by Crippen LogP contribution is 2.17. The van der Waals surface area contributed by atoms with Gasteiger partial charge < -0.3 is 28.7 Å². The lowest BCUT2D eigenvalue weighted by Gasteiger charge is -2.37. The van der Waals surface area contributed by atoms with Gasteiger partial charge in [-0.2, -0.15) is 0 Å². The Morgan fingerprint density at radius 2 is 0.897 bits per heavy atom. The Labute approximate surface area is 228 Å². The number of esters is 4. The molecule has 0 heterocycles. The first-order valence-electron chi connectivity index (χ1n) is 12.3. The molecule has 2 unspecified atom stereocenters. The molecule has 216 valence electrons. The average molecular weight is 551 g/mol. The fraction of sp³-hybridized carbons (Fsp3) is 0.481. The minimum absolute atomic E-state index is 0.131. The van der Waals surface area contributed by atoms with Gasteiger partial charge >= 0.3 is 23.9 Å². The Hall–Kier alpha value is -4.22.